The fraction of sp³-hybridized carbons (Fsp3) is 0.235. The molecule has 1 aliphatic rings. The molecule has 1 aliphatic heterocycles. The molecule has 1 atom stereocenters. The number of methoxy groups -OCH3 is 2. The highest BCUT2D eigenvalue weighted by Gasteiger charge is 2.40. The van der Waals surface area contributed by atoms with Gasteiger partial charge in [0.25, 0.3) is 0 Å². The van der Waals surface area contributed by atoms with E-state index in [2.05, 4.69) is 10.7 Å². The Morgan fingerprint density at radius 3 is 2.43 bits per heavy atom. The van der Waals surface area contributed by atoms with Crippen molar-refractivity contribution in [2.24, 2.45) is 0 Å². The maximum absolute atomic E-state index is 5.52. The number of hydrogen-bond donors (Lipinski definition) is 2. The van der Waals surface area contributed by atoms with Crippen LogP contribution in [0.3, 0.4) is 0 Å². The summed E-state index contributed by atoms with van der Waals surface area (Å²) in [6, 6.07) is 15.7. The van der Waals surface area contributed by atoms with Gasteiger partial charge in [0.2, 0.25) is 0 Å². The van der Waals surface area contributed by atoms with Crippen molar-refractivity contribution < 1.29 is 9.47 Å². The zero-order valence-electron chi connectivity index (χ0n) is 13.3. The van der Waals surface area contributed by atoms with Crippen molar-refractivity contribution in [1.29, 1.82) is 0 Å². The lowest BCUT2D eigenvalue weighted by Gasteiger charge is -2.27. The second kappa shape index (κ2) is 6.06. The number of hydrogen-bond acceptors (Lipinski definition) is 4. The minimum Gasteiger partial charge on any atom is -0.497 e. The van der Waals surface area contributed by atoms with Crippen LogP contribution in [0.2, 0.25) is 0 Å². The molecule has 0 amide bonds. The van der Waals surface area contributed by atoms with Crippen molar-refractivity contribution in [2.45, 2.75) is 12.6 Å². The molecule has 120 valence electrons. The zero-order chi connectivity index (χ0) is 16.4. The first-order valence-corrected chi connectivity index (χ1v) is 7.66. The van der Waals surface area contributed by atoms with Gasteiger partial charge in [-0.25, -0.2) is 5.01 Å². The average molecular weight is 329 g/mol. The van der Waals surface area contributed by atoms with Crippen molar-refractivity contribution in [2.75, 3.05) is 19.2 Å². The molecule has 0 radical (unpaired) electrons. The lowest BCUT2D eigenvalue weighted by atomic mass is 10.0. The maximum atomic E-state index is 5.52. The minimum absolute atomic E-state index is 0.579. The van der Waals surface area contributed by atoms with E-state index in [4.69, 9.17) is 21.7 Å². The van der Waals surface area contributed by atoms with Gasteiger partial charge in [-0.2, -0.15) is 5.43 Å². The van der Waals surface area contributed by atoms with Crippen molar-refractivity contribution in [3.8, 4) is 11.5 Å². The Bertz CT molecular complexity index is 723. The first kappa shape index (κ1) is 15.6. The van der Waals surface area contributed by atoms with Crippen LogP contribution in [0.5, 0.6) is 11.5 Å². The van der Waals surface area contributed by atoms with Crippen molar-refractivity contribution >= 4 is 23.0 Å². The first-order valence-electron chi connectivity index (χ1n) is 7.25. The van der Waals surface area contributed by atoms with Crippen LogP contribution in [0.25, 0.3) is 0 Å². The van der Waals surface area contributed by atoms with E-state index < -0.39 is 5.66 Å². The van der Waals surface area contributed by atoms with Gasteiger partial charge in [-0.15, -0.1) is 0 Å². The smallest absolute Gasteiger partial charge is 0.190 e. The van der Waals surface area contributed by atoms with E-state index in [0.717, 1.165) is 22.7 Å². The summed E-state index contributed by atoms with van der Waals surface area (Å²) in [5, 5.41) is 5.80. The summed E-state index contributed by atoms with van der Waals surface area (Å²) >= 11 is 5.49. The van der Waals surface area contributed by atoms with Crippen LogP contribution < -0.4 is 25.2 Å². The molecule has 0 aliphatic carbocycles. The van der Waals surface area contributed by atoms with Gasteiger partial charge >= 0.3 is 0 Å². The number of para-hydroxylation sites is 1. The second-order valence-corrected chi connectivity index (χ2v) is 5.79. The molecule has 5 nitrogen and oxygen atoms in total. The quantitative estimate of drug-likeness (QED) is 0.841. The third-order valence-electron chi connectivity index (χ3n) is 3.86. The van der Waals surface area contributed by atoms with Gasteiger partial charge in [0.1, 0.15) is 17.2 Å². The molecule has 23 heavy (non-hydrogen) atoms. The van der Waals surface area contributed by atoms with Crippen molar-refractivity contribution in [3.63, 3.8) is 0 Å². The molecule has 1 saturated heterocycles. The Morgan fingerprint density at radius 1 is 1.04 bits per heavy atom. The molecule has 0 spiro atoms. The summed E-state index contributed by atoms with van der Waals surface area (Å²) in [6.07, 6.45) is 0. The molecule has 0 bridgehead atoms. The Balaban J connectivity index is 1.96. The molecule has 6 heteroatoms. The molecule has 3 rings (SSSR count). The van der Waals surface area contributed by atoms with Gasteiger partial charge < -0.3 is 14.8 Å². The van der Waals surface area contributed by atoms with Crippen LogP contribution in [0.1, 0.15) is 12.5 Å². The van der Waals surface area contributed by atoms with Crippen molar-refractivity contribution in [1.82, 2.24) is 10.7 Å². The SMILES string of the molecule is COc1ccc([C@]2(C)NC(=S)N(c3ccccc3)N2)c(OC)c1. The summed E-state index contributed by atoms with van der Waals surface area (Å²) in [5.41, 5.74) is 4.76. The van der Waals surface area contributed by atoms with Gasteiger partial charge in [0.05, 0.1) is 19.9 Å². The zero-order valence-corrected chi connectivity index (χ0v) is 14.1. The van der Waals surface area contributed by atoms with E-state index in [1.807, 2.05) is 60.5 Å². The molecule has 2 aromatic carbocycles. The number of rotatable bonds is 4. The summed E-state index contributed by atoms with van der Waals surface area (Å²) in [7, 11) is 3.28. The summed E-state index contributed by atoms with van der Waals surface area (Å²) in [5.74, 6) is 1.47. The topological polar surface area (TPSA) is 45.8 Å². The predicted molar refractivity (Wildman–Crippen MR) is 94.7 cm³/mol. The molecule has 1 fully saturated rings. The number of thiocarbonyl (C=S) groups is 1. The van der Waals surface area contributed by atoms with Crippen LogP contribution in [0.4, 0.5) is 5.69 Å². The Hall–Kier alpha value is -2.31. The van der Waals surface area contributed by atoms with E-state index in [1.165, 1.54) is 0 Å². The normalized spacial score (nSPS) is 20.3. The monoisotopic (exact) mass is 329 g/mol. The fourth-order valence-electron chi connectivity index (χ4n) is 2.67. The molecule has 0 aromatic heterocycles. The number of ether oxygens (including phenoxy) is 2. The van der Waals surface area contributed by atoms with Crippen LogP contribution in [0.15, 0.2) is 48.5 Å². The van der Waals surface area contributed by atoms with E-state index in [1.54, 1.807) is 14.2 Å². The van der Waals surface area contributed by atoms with Gasteiger partial charge in [-0.3, -0.25) is 0 Å². The molecular weight excluding hydrogens is 310 g/mol. The molecular formula is C17H19N3O2S. The highest BCUT2D eigenvalue weighted by molar-refractivity contribution is 7.80. The van der Waals surface area contributed by atoms with Gasteiger partial charge in [-0.05, 0) is 43.4 Å². The van der Waals surface area contributed by atoms with Gasteiger partial charge in [0, 0.05) is 11.6 Å². The lowest BCUT2D eigenvalue weighted by molar-refractivity contribution is 0.345. The third-order valence-corrected chi connectivity index (χ3v) is 4.14. The Kier molecular flexibility index (Phi) is 4.11. The number of nitrogens with one attached hydrogen (secondary N) is 2. The maximum Gasteiger partial charge on any atom is 0.190 e. The second-order valence-electron chi connectivity index (χ2n) is 5.40. The van der Waals surface area contributed by atoms with Gasteiger partial charge in [0.15, 0.2) is 5.11 Å². The predicted octanol–water partition coefficient (Wildman–Crippen LogP) is 2.78. The van der Waals surface area contributed by atoms with Crippen LogP contribution in [-0.4, -0.2) is 19.3 Å². The highest BCUT2D eigenvalue weighted by atomic mass is 32.1. The highest BCUT2D eigenvalue weighted by Crippen LogP contribution is 2.34. The standard InChI is InChI=1S/C17H19N3O2S/c1-17(14-10-9-13(21-2)11-15(14)22-3)18-16(23)20(19-17)12-7-5-4-6-8-12/h4-11,19H,1-3H3,(H,18,23)/t17-/m1/s1. The molecule has 1 heterocycles. The van der Waals surface area contributed by atoms with E-state index in [-0.39, 0.29) is 0 Å². The number of nitrogens with zero attached hydrogens (tertiary/aromatic N) is 1. The summed E-state index contributed by atoms with van der Waals surface area (Å²) in [4.78, 5) is 0. The van der Waals surface area contributed by atoms with Gasteiger partial charge in [-0.1, -0.05) is 18.2 Å². The fourth-order valence-corrected chi connectivity index (χ4v) is 3.03. The number of hydrazine groups is 1. The van der Waals surface area contributed by atoms with E-state index in [9.17, 15) is 0 Å². The summed E-state index contributed by atoms with van der Waals surface area (Å²) < 4.78 is 10.8. The van der Waals surface area contributed by atoms with E-state index in [0.29, 0.717) is 5.11 Å². The van der Waals surface area contributed by atoms with Crippen LogP contribution in [0, 0.1) is 0 Å². The summed E-state index contributed by atoms with van der Waals surface area (Å²) in [6.45, 7) is 2.02. The third kappa shape index (κ3) is 2.83. The largest absolute Gasteiger partial charge is 0.497 e. The molecule has 2 aromatic rings. The van der Waals surface area contributed by atoms with E-state index >= 15 is 0 Å². The van der Waals surface area contributed by atoms with Crippen molar-refractivity contribution in [3.05, 3.63) is 54.1 Å². The first-order chi connectivity index (χ1) is 11.1. The Morgan fingerprint density at radius 2 is 1.78 bits per heavy atom. The lowest BCUT2D eigenvalue weighted by Crippen LogP contribution is -2.46. The van der Waals surface area contributed by atoms with Crippen LogP contribution >= 0.6 is 12.2 Å². The molecule has 2 N–H and O–H groups in total. The minimum atomic E-state index is -0.579. The number of benzene rings is 2. The number of anilines is 1. The van der Waals surface area contributed by atoms with Crippen LogP contribution in [-0.2, 0) is 5.66 Å². The Labute approximate surface area is 141 Å². The molecule has 0 saturated carbocycles. The molecule has 0 unspecified atom stereocenters. The average Bonchev–Trinajstić information content (AvgIpc) is 2.90.